The van der Waals surface area contributed by atoms with Gasteiger partial charge in [-0.3, -0.25) is 0 Å². The SMILES string of the molecule is Cc1cccc(CNC(=O)N[C@H]2CO[C@H]3[C@@H]2OC[C@@H]3C#Cc2ccsc2)c1. The Morgan fingerprint density at radius 1 is 1.26 bits per heavy atom. The van der Waals surface area contributed by atoms with Crippen molar-refractivity contribution in [1.29, 1.82) is 0 Å². The van der Waals surface area contributed by atoms with Crippen LogP contribution >= 0.6 is 11.3 Å². The number of hydrogen-bond acceptors (Lipinski definition) is 4. The molecule has 1 aromatic heterocycles. The molecule has 2 aliphatic heterocycles. The van der Waals surface area contributed by atoms with Crippen LogP contribution in [-0.4, -0.2) is 37.5 Å². The Morgan fingerprint density at radius 3 is 2.96 bits per heavy atom. The summed E-state index contributed by atoms with van der Waals surface area (Å²) in [6, 6.07) is 9.73. The van der Waals surface area contributed by atoms with Gasteiger partial charge in [-0.25, -0.2) is 4.79 Å². The van der Waals surface area contributed by atoms with Crippen molar-refractivity contribution < 1.29 is 14.3 Å². The maximum Gasteiger partial charge on any atom is 0.315 e. The van der Waals surface area contributed by atoms with Crippen molar-refractivity contribution >= 4 is 17.4 Å². The quantitative estimate of drug-likeness (QED) is 0.803. The van der Waals surface area contributed by atoms with Crippen molar-refractivity contribution in [3.05, 3.63) is 57.8 Å². The Kier molecular flexibility index (Phi) is 5.44. The molecular weight excluding hydrogens is 360 g/mol. The third-order valence-corrected chi connectivity index (χ3v) is 5.51. The number of aryl methyl sites for hydroxylation is 1. The van der Waals surface area contributed by atoms with Crippen molar-refractivity contribution in [3.63, 3.8) is 0 Å². The van der Waals surface area contributed by atoms with E-state index in [-0.39, 0.29) is 30.2 Å². The molecule has 2 fully saturated rings. The minimum atomic E-state index is -0.206. The Labute approximate surface area is 163 Å². The fourth-order valence-electron chi connectivity index (χ4n) is 3.48. The van der Waals surface area contributed by atoms with Gasteiger partial charge in [0.05, 0.1) is 25.2 Å². The molecule has 3 heterocycles. The summed E-state index contributed by atoms with van der Waals surface area (Å²) < 4.78 is 11.8. The monoisotopic (exact) mass is 382 g/mol. The molecule has 2 N–H and O–H groups in total. The van der Waals surface area contributed by atoms with Crippen LogP contribution in [0.15, 0.2) is 41.1 Å². The average molecular weight is 382 g/mol. The Bertz CT molecular complexity index is 856. The number of carbonyl (C=O) groups excluding carboxylic acids is 1. The molecule has 2 aliphatic rings. The Balaban J connectivity index is 1.29. The number of rotatable bonds is 3. The van der Waals surface area contributed by atoms with E-state index in [4.69, 9.17) is 9.47 Å². The van der Waals surface area contributed by atoms with Gasteiger partial charge in [0.1, 0.15) is 12.2 Å². The normalized spacial score (nSPS) is 26.1. The second-order valence-electron chi connectivity index (χ2n) is 6.91. The molecule has 4 rings (SSSR count). The number of hydrogen-bond donors (Lipinski definition) is 2. The lowest BCUT2D eigenvalue weighted by molar-refractivity contribution is 0.0665. The summed E-state index contributed by atoms with van der Waals surface area (Å²) in [7, 11) is 0. The number of urea groups is 1. The van der Waals surface area contributed by atoms with Gasteiger partial charge in [0.2, 0.25) is 0 Å². The van der Waals surface area contributed by atoms with Crippen LogP contribution in [0.3, 0.4) is 0 Å². The highest BCUT2D eigenvalue weighted by molar-refractivity contribution is 7.08. The summed E-state index contributed by atoms with van der Waals surface area (Å²) in [6.07, 6.45) is -0.227. The summed E-state index contributed by atoms with van der Waals surface area (Å²) in [5.41, 5.74) is 3.27. The maximum atomic E-state index is 12.2. The van der Waals surface area contributed by atoms with Crippen molar-refractivity contribution in [2.45, 2.75) is 31.7 Å². The highest BCUT2D eigenvalue weighted by Gasteiger charge is 2.47. The van der Waals surface area contributed by atoms with Crippen LogP contribution in [0.4, 0.5) is 4.79 Å². The summed E-state index contributed by atoms with van der Waals surface area (Å²) >= 11 is 1.63. The molecule has 5 nitrogen and oxygen atoms in total. The number of fused-ring (bicyclic) bond motifs is 1. The molecule has 2 aromatic rings. The summed E-state index contributed by atoms with van der Waals surface area (Å²) in [5, 5.41) is 9.92. The van der Waals surface area contributed by atoms with Gasteiger partial charge in [-0.15, -0.1) is 0 Å². The minimum absolute atomic E-state index is 0.0389. The van der Waals surface area contributed by atoms with Crippen LogP contribution in [0.2, 0.25) is 0 Å². The minimum Gasteiger partial charge on any atom is -0.372 e. The standard InChI is InChI=1S/C21H22N2O3S/c1-14-3-2-4-16(9-14)10-22-21(24)23-18-12-26-19-17(11-25-20(18)19)6-5-15-7-8-27-13-15/h2-4,7-9,13,17-20H,10-12H2,1H3,(H2,22,23,24)/t17-,18-,19+,20+/m0/s1. The molecule has 140 valence electrons. The van der Waals surface area contributed by atoms with Gasteiger partial charge in [-0.1, -0.05) is 41.7 Å². The lowest BCUT2D eigenvalue weighted by Gasteiger charge is -2.18. The van der Waals surface area contributed by atoms with Crippen molar-refractivity contribution in [2.75, 3.05) is 13.2 Å². The lowest BCUT2D eigenvalue weighted by Crippen LogP contribution is -2.48. The number of nitrogens with one attached hydrogen (secondary N) is 2. The molecule has 2 saturated heterocycles. The molecule has 27 heavy (non-hydrogen) atoms. The highest BCUT2D eigenvalue weighted by Crippen LogP contribution is 2.31. The zero-order chi connectivity index (χ0) is 18.6. The second kappa shape index (κ2) is 8.13. The van der Waals surface area contributed by atoms with Gasteiger partial charge in [0, 0.05) is 17.5 Å². The molecule has 0 spiro atoms. The third-order valence-electron chi connectivity index (χ3n) is 4.83. The highest BCUT2D eigenvalue weighted by atomic mass is 32.1. The fraction of sp³-hybridized carbons (Fsp3) is 0.381. The van der Waals surface area contributed by atoms with Crippen LogP contribution < -0.4 is 10.6 Å². The van der Waals surface area contributed by atoms with E-state index in [1.165, 1.54) is 5.56 Å². The topological polar surface area (TPSA) is 59.6 Å². The van der Waals surface area contributed by atoms with E-state index in [0.29, 0.717) is 19.8 Å². The maximum absolute atomic E-state index is 12.2. The molecule has 0 saturated carbocycles. The van der Waals surface area contributed by atoms with Gasteiger partial charge in [0.25, 0.3) is 0 Å². The summed E-state index contributed by atoms with van der Waals surface area (Å²) in [6.45, 7) is 3.51. The molecule has 1 aromatic carbocycles. The number of ether oxygens (including phenoxy) is 2. The zero-order valence-electron chi connectivity index (χ0n) is 15.1. The number of benzene rings is 1. The van der Waals surface area contributed by atoms with E-state index in [1.807, 2.05) is 41.9 Å². The smallest absolute Gasteiger partial charge is 0.315 e. The van der Waals surface area contributed by atoms with E-state index in [1.54, 1.807) is 11.3 Å². The van der Waals surface area contributed by atoms with Gasteiger partial charge in [-0.2, -0.15) is 11.3 Å². The van der Waals surface area contributed by atoms with E-state index < -0.39 is 0 Å². The molecular formula is C21H22N2O3S. The number of carbonyl (C=O) groups is 1. The first-order chi connectivity index (χ1) is 13.2. The van der Waals surface area contributed by atoms with E-state index in [0.717, 1.165) is 11.1 Å². The van der Waals surface area contributed by atoms with Crippen LogP contribution in [0.25, 0.3) is 0 Å². The van der Waals surface area contributed by atoms with Gasteiger partial charge in [0.15, 0.2) is 0 Å². The van der Waals surface area contributed by atoms with E-state index in [2.05, 4.69) is 28.5 Å². The first-order valence-electron chi connectivity index (χ1n) is 9.06. The van der Waals surface area contributed by atoms with Crippen molar-refractivity contribution in [2.24, 2.45) is 5.92 Å². The van der Waals surface area contributed by atoms with Gasteiger partial charge >= 0.3 is 6.03 Å². The predicted octanol–water partition coefficient (Wildman–Crippen LogP) is 2.69. The molecule has 0 aliphatic carbocycles. The molecule has 4 atom stereocenters. The van der Waals surface area contributed by atoms with Gasteiger partial charge in [-0.05, 0) is 23.9 Å². The first-order valence-corrected chi connectivity index (χ1v) is 10.0. The fourth-order valence-corrected chi connectivity index (χ4v) is 4.07. The number of amides is 2. The van der Waals surface area contributed by atoms with Crippen LogP contribution in [0.1, 0.15) is 16.7 Å². The second-order valence-corrected chi connectivity index (χ2v) is 7.69. The van der Waals surface area contributed by atoms with Crippen molar-refractivity contribution in [1.82, 2.24) is 10.6 Å². The molecule has 6 heteroatoms. The largest absolute Gasteiger partial charge is 0.372 e. The van der Waals surface area contributed by atoms with E-state index >= 15 is 0 Å². The molecule has 2 amide bonds. The van der Waals surface area contributed by atoms with Gasteiger partial charge < -0.3 is 20.1 Å². The predicted molar refractivity (Wildman–Crippen MR) is 105 cm³/mol. The van der Waals surface area contributed by atoms with Crippen LogP contribution in [-0.2, 0) is 16.0 Å². The number of thiophene rings is 1. The first kappa shape index (κ1) is 18.1. The van der Waals surface area contributed by atoms with Crippen molar-refractivity contribution in [3.8, 4) is 11.8 Å². The molecule has 0 bridgehead atoms. The summed E-state index contributed by atoms with van der Waals surface area (Å²) in [5.74, 6) is 6.48. The third kappa shape index (κ3) is 4.33. The van der Waals surface area contributed by atoms with E-state index in [9.17, 15) is 4.79 Å². The summed E-state index contributed by atoms with van der Waals surface area (Å²) in [4.78, 5) is 12.2. The molecule has 0 unspecified atom stereocenters. The zero-order valence-corrected chi connectivity index (χ0v) is 15.9. The van der Waals surface area contributed by atoms with Crippen LogP contribution in [0.5, 0.6) is 0 Å². The Hall–Kier alpha value is -2.33. The average Bonchev–Trinajstić information content (AvgIpc) is 3.38. The molecule has 0 radical (unpaired) electrons. The lowest BCUT2D eigenvalue weighted by atomic mass is 10.0. The Morgan fingerprint density at radius 2 is 2.15 bits per heavy atom. The van der Waals surface area contributed by atoms with Crippen LogP contribution in [0, 0.1) is 24.7 Å².